The lowest BCUT2D eigenvalue weighted by molar-refractivity contribution is 1.05. The average Bonchev–Trinajstić information content (AvgIpc) is 2.84. The van der Waals surface area contributed by atoms with E-state index in [-0.39, 0.29) is 0 Å². The number of hydrogen-bond donors (Lipinski definition) is 1. The third-order valence-electron chi connectivity index (χ3n) is 3.51. The van der Waals surface area contributed by atoms with Gasteiger partial charge < -0.3 is 10.1 Å². The van der Waals surface area contributed by atoms with E-state index in [0.29, 0.717) is 6.54 Å². The number of aryl methyl sites for hydroxylation is 2. The first kappa shape index (κ1) is 11.9. The van der Waals surface area contributed by atoms with Gasteiger partial charge in [-0.15, -0.1) is 0 Å². The summed E-state index contributed by atoms with van der Waals surface area (Å²) >= 11 is 0. The first-order chi connectivity index (χ1) is 9.19. The molecule has 3 nitrogen and oxygen atoms in total. The van der Waals surface area contributed by atoms with Crippen LogP contribution in [0.25, 0.3) is 16.8 Å². The highest BCUT2D eigenvalue weighted by Crippen LogP contribution is 2.28. The molecule has 19 heavy (non-hydrogen) atoms. The predicted molar refractivity (Wildman–Crippen MR) is 78.0 cm³/mol. The van der Waals surface area contributed by atoms with Crippen molar-refractivity contribution in [2.24, 2.45) is 5.73 Å². The summed E-state index contributed by atoms with van der Waals surface area (Å²) in [5, 5.41) is 0. The lowest BCUT2D eigenvalue weighted by atomic mass is 9.96. The Morgan fingerprint density at radius 3 is 2.74 bits per heavy atom. The Morgan fingerprint density at radius 2 is 2.00 bits per heavy atom. The van der Waals surface area contributed by atoms with E-state index < -0.39 is 0 Å². The lowest BCUT2D eigenvalue weighted by Crippen LogP contribution is -2.02. The summed E-state index contributed by atoms with van der Waals surface area (Å²) in [6.45, 7) is 4.77. The van der Waals surface area contributed by atoms with Gasteiger partial charge in [-0.25, -0.2) is 4.98 Å². The molecule has 0 aliphatic rings. The van der Waals surface area contributed by atoms with Gasteiger partial charge in [-0.3, -0.25) is 0 Å². The number of benzene rings is 1. The topological polar surface area (TPSA) is 43.3 Å². The van der Waals surface area contributed by atoms with Crippen molar-refractivity contribution < 1.29 is 0 Å². The molecule has 0 spiro atoms. The zero-order valence-electron chi connectivity index (χ0n) is 11.2. The highest BCUT2D eigenvalue weighted by Gasteiger charge is 2.09. The van der Waals surface area contributed by atoms with Crippen LogP contribution in [0.5, 0.6) is 0 Å². The molecule has 1 aromatic carbocycles. The number of nitrogens with two attached hydrogens (primary N) is 1. The van der Waals surface area contributed by atoms with Gasteiger partial charge in [0.15, 0.2) is 0 Å². The predicted octanol–water partition coefficient (Wildman–Crippen LogP) is 3.08. The van der Waals surface area contributed by atoms with E-state index in [1.54, 1.807) is 6.20 Å². The van der Waals surface area contributed by atoms with E-state index in [4.69, 9.17) is 5.73 Å². The van der Waals surface area contributed by atoms with Crippen LogP contribution in [0.2, 0.25) is 0 Å². The van der Waals surface area contributed by atoms with Gasteiger partial charge in [-0.1, -0.05) is 23.8 Å². The number of imidazole rings is 1. The minimum Gasteiger partial charge on any atom is -0.326 e. The van der Waals surface area contributed by atoms with Crippen LogP contribution in [-0.2, 0) is 6.54 Å². The molecular formula is C16H17N3. The maximum atomic E-state index is 5.89. The maximum absolute atomic E-state index is 5.89. The summed E-state index contributed by atoms with van der Waals surface area (Å²) in [5.41, 5.74) is 12.9. The molecule has 0 bridgehead atoms. The fraction of sp³-hybridized carbons (Fsp3) is 0.188. The van der Waals surface area contributed by atoms with Crippen LogP contribution in [0.1, 0.15) is 16.7 Å². The lowest BCUT2D eigenvalue weighted by Gasteiger charge is -2.12. The molecule has 2 heterocycles. The summed E-state index contributed by atoms with van der Waals surface area (Å²) in [5.74, 6) is 0. The van der Waals surface area contributed by atoms with Crippen LogP contribution >= 0.6 is 0 Å². The van der Waals surface area contributed by atoms with Gasteiger partial charge in [0.1, 0.15) is 5.65 Å². The molecule has 2 aromatic heterocycles. The number of nitrogens with zero attached hydrogens (tertiary/aromatic N) is 2. The van der Waals surface area contributed by atoms with Gasteiger partial charge in [0.2, 0.25) is 0 Å². The minimum atomic E-state index is 0.520. The van der Waals surface area contributed by atoms with Crippen LogP contribution < -0.4 is 5.73 Å². The summed E-state index contributed by atoms with van der Waals surface area (Å²) < 4.78 is 2.04. The number of pyridine rings is 1. The highest BCUT2D eigenvalue weighted by molar-refractivity contribution is 5.72. The molecule has 0 unspecified atom stereocenters. The first-order valence-corrected chi connectivity index (χ1v) is 6.42. The Bertz CT molecular complexity index is 741. The second-order valence-corrected chi connectivity index (χ2v) is 4.93. The van der Waals surface area contributed by atoms with Crippen LogP contribution in [0.3, 0.4) is 0 Å². The quantitative estimate of drug-likeness (QED) is 0.760. The Morgan fingerprint density at radius 1 is 1.16 bits per heavy atom. The minimum absolute atomic E-state index is 0.520. The van der Waals surface area contributed by atoms with Crippen molar-refractivity contribution in [1.82, 2.24) is 9.38 Å². The van der Waals surface area contributed by atoms with Gasteiger partial charge in [0.05, 0.1) is 0 Å². The maximum Gasteiger partial charge on any atom is 0.136 e. The molecule has 0 aliphatic heterocycles. The van der Waals surface area contributed by atoms with Gasteiger partial charge in [-0.05, 0) is 36.6 Å². The second-order valence-electron chi connectivity index (χ2n) is 4.93. The molecule has 0 aliphatic carbocycles. The average molecular weight is 251 g/mol. The van der Waals surface area contributed by atoms with Gasteiger partial charge in [-0.2, -0.15) is 0 Å². The number of rotatable bonds is 2. The van der Waals surface area contributed by atoms with Crippen molar-refractivity contribution in [3.8, 4) is 11.1 Å². The smallest absolute Gasteiger partial charge is 0.136 e. The fourth-order valence-corrected chi connectivity index (χ4v) is 2.53. The monoisotopic (exact) mass is 251 g/mol. The molecule has 0 amide bonds. The zero-order valence-corrected chi connectivity index (χ0v) is 11.2. The summed E-state index contributed by atoms with van der Waals surface area (Å²) in [4.78, 5) is 4.31. The molecule has 0 fully saturated rings. The molecule has 3 aromatic rings. The van der Waals surface area contributed by atoms with Crippen molar-refractivity contribution in [2.75, 3.05) is 0 Å². The third kappa shape index (κ3) is 2.02. The van der Waals surface area contributed by atoms with Crippen LogP contribution in [0.15, 0.2) is 42.9 Å². The summed E-state index contributed by atoms with van der Waals surface area (Å²) in [6, 6.07) is 8.57. The molecule has 96 valence electrons. The van der Waals surface area contributed by atoms with Gasteiger partial charge >= 0.3 is 0 Å². The number of hydrogen-bond acceptors (Lipinski definition) is 2. The standard InChI is InChI=1S/C16H17N3/c1-11-3-4-14(12(2)7-11)15-10-19-6-5-18-16(19)8-13(15)9-17/h3-8,10H,9,17H2,1-2H3. The number of fused-ring (bicyclic) bond motifs is 1. The molecule has 0 saturated carbocycles. The fourth-order valence-electron chi connectivity index (χ4n) is 2.53. The molecule has 0 radical (unpaired) electrons. The van der Waals surface area contributed by atoms with Gasteiger partial charge in [0.25, 0.3) is 0 Å². The Labute approximate surface area is 112 Å². The van der Waals surface area contributed by atoms with Crippen molar-refractivity contribution in [3.05, 3.63) is 59.5 Å². The highest BCUT2D eigenvalue weighted by atomic mass is 15.0. The number of aromatic nitrogens is 2. The largest absolute Gasteiger partial charge is 0.326 e. The summed E-state index contributed by atoms with van der Waals surface area (Å²) in [6.07, 6.45) is 5.88. The Balaban J connectivity index is 2.27. The molecule has 0 saturated heterocycles. The molecular weight excluding hydrogens is 234 g/mol. The second kappa shape index (κ2) is 4.52. The normalized spacial score (nSPS) is 11.1. The van der Waals surface area contributed by atoms with Crippen LogP contribution in [0, 0.1) is 13.8 Å². The van der Waals surface area contributed by atoms with E-state index in [2.05, 4.69) is 49.3 Å². The Kier molecular flexibility index (Phi) is 2.84. The van der Waals surface area contributed by atoms with Crippen molar-refractivity contribution >= 4 is 5.65 Å². The van der Waals surface area contributed by atoms with Gasteiger partial charge in [0, 0.05) is 30.7 Å². The zero-order chi connectivity index (χ0) is 13.4. The first-order valence-electron chi connectivity index (χ1n) is 6.42. The molecule has 3 heteroatoms. The molecule has 0 atom stereocenters. The van der Waals surface area contributed by atoms with Crippen LogP contribution in [0.4, 0.5) is 0 Å². The van der Waals surface area contributed by atoms with Crippen molar-refractivity contribution in [1.29, 1.82) is 0 Å². The van der Waals surface area contributed by atoms with E-state index in [1.165, 1.54) is 22.3 Å². The van der Waals surface area contributed by atoms with Crippen molar-refractivity contribution in [3.63, 3.8) is 0 Å². The van der Waals surface area contributed by atoms with E-state index in [0.717, 1.165) is 11.2 Å². The Hall–Kier alpha value is -2.13. The van der Waals surface area contributed by atoms with E-state index >= 15 is 0 Å². The summed E-state index contributed by atoms with van der Waals surface area (Å²) in [7, 11) is 0. The van der Waals surface area contributed by atoms with Crippen molar-refractivity contribution in [2.45, 2.75) is 20.4 Å². The molecule has 2 N–H and O–H groups in total. The molecule has 3 rings (SSSR count). The van der Waals surface area contributed by atoms with E-state index in [1.807, 2.05) is 10.6 Å². The SMILES string of the molecule is Cc1ccc(-c2cn3ccnc3cc2CN)c(C)c1. The van der Waals surface area contributed by atoms with Crippen LogP contribution in [-0.4, -0.2) is 9.38 Å². The van der Waals surface area contributed by atoms with E-state index in [9.17, 15) is 0 Å². The third-order valence-corrected chi connectivity index (χ3v) is 3.51.